The molecule has 2 heterocycles. The summed E-state index contributed by atoms with van der Waals surface area (Å²) in [6, 6.07) is 12.8. The molecular formula is C27H35FN4O5S. The number of benzene rings is 2. The largest absolute Gasteiger partial charge is 0.395 e. The highest BCUT2D eigenvalue weighted by molar-refractivity contribution is 7.89. The molecule has 2 aliphatic rings. The number of aliphatic hydroxyl groups excluding tert-OH is 1. The summed E-state index contributed by atoms with van der Waals surface area (Å²) in [6.45, 7) is 3.92. The van der Waals surface area contributed by atoms with Gasteiger partial charge in [0.1, 0.15) is 17.1 Å². The van der Waals surface area contributed by atoms with Gasteiger partial charge in [-0.15, -0.1) is 0 Å². The summed E-state index contributed by atoms with van der Waals surface area (Å²) in [6.07, 6.45) is 1.20. The van der Waals surface area contributed by atoms with E-state index in [9.17, 15) is 18.0 Å². The van der Waals surface area contributed by atoms with Crippen LogP contribution in [0.5, 0.6) is 0 Å². The molecule has 0 saturated carbocycles. The van der Waals surface area contributed by atoms with Crippen LogP contribution in [0.25, 0.3) is 0 Å². The summed E-state index contributed by atoms with van der Waals surface area (Å²) in [5.41, 5.74) is 1.56. The number of sulfonamides is 1. The van der Waals surface area contributed by atoms with Crippen LogP contribution in [0.3, 0.4) is 0 Å². The number of amides is 2. The predicted molar refractivity (Wildman–Crippen MR) is 142 cm³/mol. The highest BCUT2D eigenvalue weighted by Crippen LogP contribution is 2.38. The number of hydrogen-bond acceptors (Lipinski definition) is 6. The molecule has 38 heavy (non-hydrogen) atoms. The smallest absolute Gasteiger partial charge is 0.244 e. The molecular weight excluding hydrogens is 511 g/mol. The van der Waals surface area contributed by atoms with Gasteiger partial charge in [-0.3, -0.25) is 9.59 Å². The third kappa shape index (κ3) is 5.84. The first kappa shape index (κ1) is 28.0. The van der Waals surface area contributed by atoms with Crippen molar-refractivity contribution < 1.29 is 27.5 Å². The van der Waals surface area contributed by atoms with E-state index >= 15 is 4.39 Å². The van der Waals surface area contributed by atoms with Gasteiger partial charge in [0.2, 0.25) is 21.8 Å². The molecule has 4 rings (SSSR count). The minimum absolute atomic E-state index is 0.0662. The Labute approximate surface area is 223 Å². The van der Waals surface area contributed by atoms with E-state index in [0.29, 0.717) is 31.6 Å². The van der Waals surface area contributed by atoms with Gasteiger partial charge in [-0.2, -0.15) is 4.31 Å². The first-order valence-electron chi connectivity index (χ1n) is 12.9. The normalized spacial score (nSPS) is 23.7. The van der Waals surface area contributed by atoms with Crippen molar-refractivity contribution in [3.8, 4) is 0 Å². The fraction of sp³-hybridized carbons (Fsp3) is 0.481. The lowest BCUT2D eigenvalue weighted by Crippen LogP contribution is -2.60. The van der Waals surface area contributed by atoms with E-state index in [4.69, 9.17) is 5.11 Å². The number of aliphatic hydroxyl groups is 1. The highest BCUT2D eigenvalue weighted by Gasteiger charge is 2.41. The monoisotopic (exact) mass is 546 g/mol. The standard InChI is InChI=1S/C27H35FN4O5S/c1-19-8-11-26(21-6-4-3-5-7-21)38(36,37)32(19)17-22-9-10-23(16-24(22)28)30-13-14-31(20(2)34)25(18-30)27(35)29-12-15-33/h3-7,9-10,16,19,25-26,33H,8,11-15,17-18H2,1-2H3,(H,29,35)/t19-,25-,26?/m0/s1. The third-order valence-corrected chi connectivity index (χ3v) is 9.79. The maximum Gasteiger partial charge on any atom is 0.244 e. The van der Waals surface area contributed by atoms with E-state index in [-0.39, 0.29) is 49.7 Å². The summed E-state index contributed by atoms with van der Waals surface area (Å²) in [4.78, 5) is 28.0. The Bertz CT molecular complexity index is 1260. The average Bonchev–Trinajstić information content (AvgIpc) is 2.90. The second-order valence-electron chi connectivity index (χ2n) is 9.88. The molecule has 0 spiro atoms. The van der Waals surface area contributed by atoms with Crippen LogP contribution in [0.4, 0.5) is 10.1 Å². The lowest BCUT2D eigenvalue weighted by Gasteiger charge is -2.41. The maximum atomic E-state index is 15.4. The second kappa shape index (κ2) is 11.8. The summed E-state index contributed by atoms with van der Waals surface area (Å²) in [7, 11) is -3.69. The van der Waals surface area contributed by atoms with Crippen LogP contribution in [0, 0.1) is 5.82 Å². The van der Waals surface area contributed by atoms with Crippen molar-refractivity contribution in [1.82, 2.24) is 14.5 Å². The number of anilines is 1. The fourth-order valence-corrected chi connectivity index (χ4v) is 7.48. The first-order chi connectivity index (χ1) is 18.1. The Hall–Kier alpha value is -3.02. The van der Waals surface area contributed by atoms with Gasteiger partial charge in [0, 0.05) is 56.9 Å². The molecule has 2 N–H and O–H groups in total. The number of hydrogen-bond donors (Lipinski definition) is 2. The van der Waals surface area contributed by atoms with Crippen LogP contribution >= 0.6 is 0 Å². The molecule has 0 aromatic heterocycles. The van der Waals surface area contributed by atoms with Crippen LogP contribution in [-0.4, -0.2) is 79.4 Å². The number of piperazine rings is 1. The molecule has 2 fully saturated rings. The zero-order valence-corrected chi connectivity index (χ0v) is 22.5. The van der Waals surface area contributed by atoms with Crippen molar-refractivity contribution in [3.63, 3.8) is 0 Å². The zero-order valence-electron chi connectivity index (χ0n) is 21.7. The molecule has 9 nitrogen and oxygen atoms in total. The lowest BCUT2D eigenvalue weighted by molar-refractivity contribution is -0.139. The molecule has 2 aromatic rings. The average molecular weight is 547 g/mol. The van der Waals surface area contributed by atoms with E-state index in [1.807, 2.05) is 42.2 Å². The second-order valence-corrected chi connectivity index (χ2v) is 11.9. The number of nitrogens with one attached hydrogen (secondary N) is 1. The van der Waals surface area contributed by atoms with Gasteiger partial charge in [0.15, 0.2) is 0 Å². The molecule has 2 amide bonds. The third-order valence-electron chi connectivity index (χ3n) is 7.42. The number of nitrogens with zero attached hydrogens (tertiary/aromatic N) is 3. The van der Waals surface area contributed by atoms with Crippen molar-refractivity contribution in [1.29, 1.82) is 0 Å². The number of rotatable bonds is 7. The van der Waals surface area contributed by atoms with E-state index in [0.717, 1.165) is 5.56 Å². The van der Waals surface area contributed by atoms with Gasteiger partial charge >= 0.3 is 0 Å². The molecule has 206 valence electrons. The Kier molecular flexibility index (Phi) is 8.69. The highest BCUT2D eigenvalue weighted by atomic mass is 32.2. The van der Waals surface area contributed by atoms with E-state index < -0.39 is 27.1 Å². The minimum Gasteiger partial charge on any atom is -0.395 e. The molecule has 0 bridgehead atoms. The molecule has 2 aliphatic heterocycles. The Balaban J connectivity index is 1.52. The summed E-state index contributed by atoms with van der Waals surface area (Å²) in [5.74, 6) is -1.14. The summed E-state index contributed by atoms with van der Waals surface area (Å²) >= 11 is 0. The van der Waals surface area contributed by atoms with Crippen LogP contribution in [0.1, 0.15) is 43.1 Å². The van der Waals surface area contributed by atoms with Crippen LogP contribution in [0.15, 0.2) is 48.5 Å². The minimum atomic E-state index is -3.69. The Morgan fingerprint density at radius 3 is 2.50 bits per heavy atom. The van der Waals surface area contributed by atoms with Crippen molar-refractivity contribution in [3.05, 3.63) is 65.5 Å². The van der Waals surface area contributed by atoms with Crippen molar-refractivity contribution in [2.75, 3.05) is 37.7 Å². The maximum absolute atomic E-state index is 15.4. The van der Waals surface area contributed by atoms with Gasteiger partial charge in [0.05, 0.1) is 6.61 Å². The van der Waals surface area contributed by atoms with E-state index in [1.54, 1.807) is 12.1 Å². The van der Waals surface area contributed by atoms with E-state index in [1.165, 1.54) is 22.2 Å². The fourth-order valence-electron chi connectivity index (χ4n) is 5.30. The lowest BCUT2D eigenvalue weighted by atomic mass is 10.0. The van der Waals surface area contributed by atoms with Gasteiger partial charge in [-0.25, -0.2) is 12.8 Å². The molecule has 0 aliphatic carbocycles. The topological polar surface area (TPSA) is 110 Å². The van der Waals surface area contributed by atoms with E-state index in [2.05, 4.69) is 5.32 Å². The van der Waals surface area contributed by atoms with Crippen molar-refractivity contribution >= 4 is 27.5 Å². The van der Waals surface area contributed by atoms with Crippen LogP contribution < -0.4 is 10.2 Å². The molecule has 2 saturated heterocycles. The molecule has 1 unspecified atom stereocenters. The summed E-state index contributed by atoms with van der Waals surface area (Å²) in [5, 5.41) is 11.0. The molecule has 3 atom stereocenters. The predicted octanol–water partition coefficient (Wildman–Crippen LogP) is 2.03. The van der Waals surface area contributed by atoms with Gasteiger partial charge in [-0.1, -0.05) is 36.4 Å². The van der Waals surface area contributed by atoms with Gasteiger partial charge < -0.3 is 20.2 Å². The molecule has 2 aromatic carbocycles. The van der Waals surface area contributed by atoms with Crippen LogP contribution in [0.2, 0.25) is 0 Å². The zero-order chi connectivity index (χ0) is 27.4. The molecule has 11 heteroatoms. The summed E-state index contributed by atoms with van der Waals surface area (Å²) < 4.78 is 43.8. The van der Waals surface area contributed by atoms with Gasteiger partial charge in [0.25, 0.3) is 0 Å². The Morgan fingerprint density at radius 2 is 1.84 bits per heavy atom. The number of carbonyl (C=O) groups is 2. The quantitative estimate of drug-likeness (QED) is 0.550. The van der Waals surface area contributed by atoms with Crippen molar-refractivity contribution in [2.24, 2.45) is 0 Å². The SMILES string of the molecule is CC(=O)N1CCN(c2ccc(CN3[C@@H](C)CCC(c4ccccc4)S3(=O)=O)c(F)c2)C[C@H]1C(=O)NCCO. The number of carbonyl (C=O) groups excluding carboxylic acids is 2. The number of halogens is 1. The molecule has 0 radical (unpaired) electrons. The Morgan fingerprint density at radius 1 is 1.11 bits per heavy atom. The van der Waals surface area contributed by atoms with Crippen molar-refractivity contribution in [2.45, 2.75) is 50.6 Å². The first-order valence-corrected chi connectivity index (χ1v) is 14.4. The van der Waals surface area contributed by atoms with Crippen LogP contribution in [-0.2, 0) is 26.2 Å². The van der Waals surface area contributed by atoms with Gasteiger partial charge in [-0.05, 0) is 37.5 Å².